The number of nitrogens with zero attached hydrogens (tertiary/aromatic N) is 2. The molecule has 0 aliphatic rings. The van der Waals surface area contributed by atoms with E-state index in [1.54, 1.807) is 22.9 Å². The van der Waals surface area contributed by atoms with E-state index in [1.807, 2.05) is 0 Å². The summed E-state index contributed by atoms with van der Waals surface area (Å²) in [5, 5.41) is 23.5. The zero-order valence-corrected chi connectivity index (χ0v) is 9.44. The van der Waals surface area contributed by atoms with Gasteiger partial charge in [-0.15, -0.1) is 0 Å². The maximum atomic E-state index is 9.88. The summed E-state index contributed by atoms with van der Waals surface area (Å²) in [6.45, 7) is 0. The van der Waals surface area contributed by atoms with Crippen LogP contribution in [0.15, 0.2) is 35.0 Å². The Morgan fingerprint density at radius 3 is 1.38 bits per heavy atom. The van der Waals surface area contributed by atoms with E-state index in [1.165, 1.54) is 12.1 Å². The molecule has 0 unspecified atom stereocenters. The van der Waals surface area contributed by atoms with Crippen molar-refractivity contribution in [2.45, 2.75) is 0 Å². The van der Waals surface area contributed by atoms with Gasteiger partial charge in [0, 0.05) is 12.1 Å². The van der Waals surface area contributed by atoms with E-state index >= 15 is 0 Å². The van der Waals surface area contributed by atoms with E-state index in [0.29, 0.717) is 0 Å². The number of hydrogen-bond acceptors (Lipinski definition) is 6. The SMILES string of the molecule is O=[N+]([O-])c1cccs1.O=[N+]([O-])c1cccs1. The highest BCUT2D eigenvalue weighted by Crippen LogP contribution is 2.17. The van der Waals surface area contributed by atoms with Crippen molar-refractivity contribution in [2.75, 3.05) is 0 Å². The summed E-state index contributed by atoms with van der Waals surface area (Å²) in [6.07, 6.45) is 0. The van der Waals surface area contributed by atoms with Crippen LogP contribution < -0.4 is 0 Å². The van der Waals surface area contributed by atoms with Crippen molar-refractivity contribution < 1.29 is 9.85 Å². The standard InChI is InChI=1S/2C4H3NO2S/c2*6-5(7)4-2-1-3-8-4/h2*1-3H. The summed E-state index contributed by atoms with van der Waals surface area (Å²) < 4.78 is 0. The number of nitro groups is 2. The molecule has 0 atom stereocenters. The van der Waals surface area contributed by atoms with Crippen LogP contribution in [0.4, 0.5) is 10.0 Å². The molecule has 0 bridgehead atoms. The van der Waals surface area contributed by atoms with Gasteiger partial charge in [-0.05, 0) is 22.9 Å². The van der Waals surface area contributed by atoms with Crippen LogP contribution in [-0.4, -0.2) is 9.85 Å². The molecule has 0 N–H and O–H groups in total. The minimum atomic E-state index is -0.398. The third kappa shape index (κ3) is 3.75. The molecule has 2 heterocycles. The van der Waals surface area contributed by atoms with Gasteiger partial charge in [-0.25, -0.2) is 0 Å². The molecule has 0 spiro atoms. The van der Waals surface area contributed by atoms with E-state index < -0.39 is 9.85 Å². The third-order valence-corrected chi connectivity index (χ3v) is 3.01. The fourth-order valence-electron chi connectivity index (χ4n) is 0.748. The molecule has 16 heavy (non-hydrogen) atoms. The van der Waals surface area contributed by atoms with Gasteiger partial charge in [0.25, 0.3) is 0 Å². The van der Waals surface area contributed by atoms with Crippen LogP contribution in [0.1, 0.15) is 0 Å². The smallest absolute Gasteiger partial charge is 0.258 e. The van der Waals surface area contributed by atoms with Crippen molar-refractivity contribution >= 4 is 32.7 Å². The molecule has 2 aromatic heterocycles. The Morgan fingerprint density at radius 2 is 1.25 bits per heavy atom. The average molecular weight is 258 g/mol. The lowest BCUT2D eigenvalue weighted by Gasteiger charge is -1.76. The molecule has 0 aliphatic carbocycles. The second-order valence-corrected chi connectivity index (χ2v) is 4.27. The van der Waals surface area contributed by atoms with Crippen molar-refractivity contribution in [1.82, 2.24) is 0 Å². The molecule has 2 rings (SSSR count). The molecule has 0 aromatic carbocycles. The Bertz CT molecular complexity index is 408. The van der Waals surface area contributed by atoms with Crippen molar-refractivity contribution in [3.8, 4) is 0 Å². The van der Waals surface area contributed by atoms with Crippen molar-refractivity contribution in [3.05, 3.63) is 55.3 Å². The first kappa shape index (κ1) is 12.3. The topological polar surface area (TPSA) is 86.3 Å². The van der Waals surface area contributed by atoms with Crippen LogP contribution >= 0.6 is 22.7 Å². The molecule has 84 valence electrons. The van der Waals surface area contributed by atoms with Gasteiger partial charge < -0.3 is 0 Å². The van der Waals surface area contributed by atoms with Crippen molar-refractivity contribution in [2.24, 2.45) is 0 Å². The molecule has 0 saturated heterocycles. The van der Waals surface area contributed by atoms with Crippen molar-refractivity contribution in [1.29, 1.82) is 0 Å². The molecule has 0 radical (unpaired) electrons. The van der Waals surface area contributed by atoms with Gasteiger partial charge in [-0.2, -0.15) is 0 Å². The summed E-state index contributed by atoms with van der Waals surface area (Å²) in [5.74, 6) is 0. The predicted octanol–water partition coefficient (Wildman–Crippen LogP) is 3.31. The molecule has 0 fully saturated rings. The van der Waals surface area contributed by atoms with E-state index in [2.05, 4.69) is 0 Å². The van der Waals surface area contributed by atoms with Gasteiger partial charge >= 0.3 is 10.0 Å². The van der Waals surface area contributed by atoms with Crippen LogP contribution in [0.5, 0.6) is 0 Å². The van der Waals surface area contributed by atoms with Crippen LogP contribution in [-0.2, 0) is 0 Å². The van der Waals surface area contributed by atoms with Crippen LogP contribution in [0.25, 0.3) is 0 Å². The third-order valence-electron chi connectivity index (χ3n) is 1.37. The Morgan fingerprint density at radius 1 is 0.875 bits per heavy atom. The monoisotopic (exact) mass is 258 g/mol. The fourth-order valence-corrected chi connectivity index (χ4v) is 1.83. The van der Waals surface area contributed by atoms with Crippen LogP contribution in [0.3, 0.4) is 0 Å². The van der Waals surface area contributed by atoms with E-state index in [4.69, 9.17) is 0 Å². The van der Waals surface area contributed by atoms with Crippen LogP contribution in [0, 0.1) is 20.2 Å². The second kappa shape index (κ2) is 5.93. The zero-order chi connectivity index (χ0) is 12.0. The highest BCUT2D eigenvalue weighted by molar-refractivity contribution is 7.13. The number of thiophene rings is 2. The van der Waals surface area contributed by atoms with Gasteiger partial charge in [0.1, 0.15) is 0 Å². The largest absolute Gasteiger partial charge is 0.324 e. The molecule has 0 amide bonds. The first-order valence-corrected chi connectivity index (χ1v) is 5.73. The lowest BCUT2D eigenvalue weighted by Crippen LogP contribution is -1.80. The molecular formula is C8H6N2O4S2. The predicted molar refractivity (Wildman–Crippen MR) is 61.9 cm³/mol. The maximum absolute atomic E-state index is 9.88. The van der Waals surface area contributed by atoms with Gasteiger partial charge in [-0.1, -0.05) is 22.7 Å². The number of rotatable bonds is 2. The maximum Gasteiger partial charge on any atom is 0.324 e. The average Bonchev–Trinajstić information content (AvgIpc) is 2.93. The fraction of sp³-hybridized carbons (Fsp3) is 0. The van der Waals surface area contributed by atoms with Crippen LogP contribution in [0.2, 0.25) is 0 Å². The summed E-state index contributed by atoms with van der Waals surface area (Å²) in [5.41, 5.74) is 0. The Labute approximate surface area is 98.1 Å². The Balaban J connectivity index is 0.000000160. The highest BCUT2D eigenvalue weighted by atomic mass is 32.1. The van der Waals surface area contributed by atoms with Gasteiger partial charge in [-0.3, -0.25) is 20.2 Å². The molecule has 8 heteroatoms. The quantitative estimate of drug-likeness (QED) is 0.610. The minimum Gasteiger partial charge on any atom is -0.258 e. The lowest BCUT2D eigenvalue weighted by atomic mass is 10.6. The van der Waals surface area contributed by atoms with Gasteiger partial charge in [0.2, 0.25) is 0 Å². The van der Waals surface area contributed by atoms with E-state index in [9.17, 15) is 20.2 Å². The molecule has 0 aliphatic heterocycles. The molecule has 0 saturated carbocycles. The van der Waals surface area contributed by atoms with E-state index in [-0.39, 0.29) is 10.0 Å². The summed E-state index contributed by atoms with van der Waals surface area (Å²) >= 11 is 2.26. The summed E-state index contributed by atoms with van der Waals surface area (Å²) in [6, 6.07) is 6.26. The molecule has 2 aromatic rings. The van der Waals surface area contributed by atoms with E-state index in [0.717, 1.165) is 22.7 Å². The lowest BCUT2D eigenvalue weighted by molar-refractivity contribution is -0.380. The summed E-state index contributed by atoms with van der Waals surface area (Å²) in [4.78, 5) is 19.0. The normalized spacial score (nSPS) is 9.00. The zero-order valence-electron chi connectivity index (χ0n) is 7.81. The summed E-state index contributed by atoms with van der Waals surface area (Å²) in [7, 11) is 0. The number of hydrogen-bond donors (Lipinski definition) is 0. The highest BCUT2D eigenvalue weighted by Gasteiger charge is 2.02. The van der Waals surface area contributed by atoms with Crippen molar-refractivity contribution in [3.63, 3.8) is 0 Å². The Kier molecular flexibility index (Phi) is 4.55. The van der Waals surface area contributed by atoms with Gasteiger partial charge in [0.15, 0.2) is 0 Å². The first-order chi connectivity index (χ1) is 7.61. The minimum absolute atomic E-state index is 0.199. The molecular weight excluding hydrogens is 252 g/mol. The second-order valence-electron chi connectivity index (χ2n) is 2.42. The Hall–Kier alpha value is -1.80. The molecule has 6 nitrogen and oxygen atoms in total. The first-order valence-electron chi connectivity index (χ1n) is 3.97. The van der Waals surface area contributed by atoms with Gasteiger partial charge in [0.05, 0.1) is 9.85 Å².